The van der Waals surface area contributed by atoms with Crippen LogP contribution < -0.4 is 5.32 Å². The lowest BCUT2D eigenvalue weighted by molar-refractivity contribution is 0.163. The van der Waals surface area contributed by atoms with Gasteiger partial charge in [0.1, 0.15) is 0 Å². The first-order valence-corrected chi connectivity index (χ1v) is 4.75. The molecule has 0 saturated heterocycles. The van der Waals surface area contributed by atoms with Gasteiger partial charge >= 0.3 is 0 Å². The maximum atomic E-state index is 11.8. The molecule has 0 aromatic carbocycles. The first-order chi connectivity index (χ1) is 5.83. The summed E-state index contributed by atoms with van der Waals surface area (Å²) in [6, 6.07) is 0. The van der Waals surface area contributed by atoms with E-state index in [4.69, 9.17) is 5.11 Å². The fourth-order valence-electron chi connectivity index (χ4n) is 1.86. The Bertz CT molecular complexity index is 124. The average Bonchev–Trinajstić information content (AvgIpc) is 2.55. The minimum Gasteiger partial charge on any atom is -0.394 e. The van der Waals surface area contributed by atoms with Crippen molar-refractivity contribution in [3.05, 3.63) is 0 Å². The smallest absolute Gasteiger partial charge is 0.0906 e. The van der Waals surface area contributed by atoms with Crippen LogP contribution in [0.15, 0.2) is 0 Å². The molecule has 2 N–H and O–H groups in total. The van der Waals surface area contributed by atoms with Gasteiger partial charge in [0.05, 0.1) is 13.3 Å². The molecule has 0 spiro atoms. The second-order valence-electron chi connectivity index (χ2n) is 3.61. The minimum atomic E-state index is -0.269. The van der Waals surface area contributed by atoms with Crippen LogP contribution in [0.5, 0.6) is 0 Å². The lowest BCUT2D eigenvalue weighted by atomic mass is 9.99. The molecule has 0 bridgehead atoms. The Kier molecular flexibility index (Phi) is 3.95. The fourth-order valence-corrected chi connectivity index (χ4v) is 1.86. The van der Waals surface area contributed by atoms with E-state index in [-0.39, 0.29) is 18.8 Å². The summed E-state index contributed by atoms with van der Waals surface area (Å²) >= 11 is 0. The summed E-state index contributed by atoms with van der Waals surface area (Å²) in [6.07, 6.45) is 5.00. The van der Waals surface area contributed by atoms with Gasteiger partial charge in [-0.15, -0.1) is 0 Å². The summed E-state index contributed by atoms with van der Waals surface area (Å²) in [5, 5.41) is 12.4. The molecule has 0 radical (unpaired) electrons. The van der Waals surface area contributed by atoms with Crippen molar-refractivity contribution in [2.24, 2.45) is 0 Å². The van der Waals surface area contributed by atoms with E-state index in [0.717, 1.165) is 12.8 Å². The van der Waals surface area contributed by atoms with E-state index in [1.807, 2.05) is 0 Å². The van der Waals surface area contributed by atoms with Crippen molar-refractivity contribution in [3.8, 4) is 0 Å². The Hall–Kier alpha value is -0.150. The molecule has 0 amide bonds. The molecule has 12 heavy (non-hydrogen) atoms. The highest BCUT2D eigenvalue weighted by atomic mass is 19.1. The first-order valence-electron chi connectivity index (χ1n) is 4.75. The first kappa shape index (κ1) is 9.93. The van der Waals surface area contributed by atoms with Crippen molar-refractivity contribution in [2.45, 2.75) is 37.6 Å². The predicted octanol–water partition coefficient (Wildman–Crippen LogP) is 1.24. The van der Waals surface area contributed by atoms with Gasteiger partial charge in [0, 0.05) is 5.54 Å². The van der Waals surface area contributed by atoms with E-state index in [1.54, 1.807) is 0 Å². The van der Waals surface area contributed by atoms with Gasteiger partial charge in [0.2, 0.25) is 0 Å². The Morgan fingerprint density at radius 3 is 2.50 bits per heavy atom. The lowest BCUT2D eigenvalue weighted by Crippen LogP contribution is -2.46. The van der Waals surface area contributed by atoms with Crippen LogP contribution in [0.2, 0.25) is 0 Å². The monoisotopic (exact) mass is 175 g/mol. The van der Waals surface area contributed by atoms with Crippen molar-refractivity contribution in [2.75, 3.05) is 19.8 Å². The summed E-state index contributed by atoms with van der Waals surface area (Å²) in [7, 11) is 0. The third kappa shape index (κ3) is 2.42. The SMILES string of the molecule is OCC1(NCCCF)CCCC1. The van der Waals surface area contributed by atoms with Gasteiger partial charge in [-0.25, -0.2) is 0 Å². The van der Waals surface area contributed by atoms with Gasteiger partial charge in [0.15, 0.2) is 0 Å². The molecule has 0 atom stereocenters. The quantitative estimate of drug-likeness (QED) is 0.616. The molecular weight excluding hydrogens is 157 g/mol. The summed E-state index contributed by atoms with van der Waals surface area (Å²) < 4.78 is 11.8. The molecule has 0 heterocycles. The third-order valence-corrected chi connectivity index (χ3v) is 2.67. The number of hydrogen-bond donors (Lipinski definition) is 2. The zero-order valence-electron chi connectivity index (χ0n) is 7.48. The number of aliphatic hydroxyl groups is 1. The molecule has 1 aliphatic carbocycles. The highest BCUT2D eigenvalue weighted by Crippen LogP contribution is 2.28. The number of alkyl halides is 1. The molecule has 2 nitrogen and oxygen atoms in total. The van der Waals surface area contributed by atoms with Crippen LogP contribution in [0.4, 0.5) is 4.39 Å². The van der Waals surface area contributed by atoms with Crippen LogP contribution in [0.3, 0.4) is 0 Å². The van der Waals surface area contributed by atoms with E-state index >= 15 is 0 Å². The maximum Gasteiger partial charge on any atom is 0.0906 e. The maximum absolute atomic E-state index is 11.8. The number of rotatable bonds is 5. The molecular formula is C9H18FNO. The highest BCUT2D eigenvalue weighted by Gasteiger charge is 2.31. The van der Waals surface area contributed by atoms with E-state index in [2.05, 4.69) is 5.32 Å². The van der Waals surface area contributed by atoms with Crippen molar-refractivity contribution < 1.29 is 9.50 Å². The van der Waals surface area contributed by atoms with Crippen LogP contribution >= 0.6 is 0 Å². The normalized spacial score (nSPS) is 21.5. The predicted molar refractivity (Wildman–Crippen MR) is 46.9 cm³/mol. The van der Waals surface area contributed by atoms with Crippen molar-refractivity contribution in [1.29, 1.82) is 0 Å². The second kappa shape index (κ2) is 4.77. The van der Waals surface area contributed by atoms with Crippen molar-refractivity contribution in [3.63, 3.8) is 0 Å². The number of halogens is 1. The topological polar surface area (TPSA) is 32.3 Å². The molecule has 1 saturated carbocycles. The van der Waals surface area contributed by atoms with E-state index in [1.165, 1.54) is 12.8 Å². The highest BCUT2D eigenvalue weighted by molar-refractivity contribution is 4.91. The molecule has 0 aromatic heterocycles. The zero-order chi connectivity index (χ0) is 8.86. The summed E-state index contributed by atoms with van der Waals surface area (Å²) in [5.74, 6) is 0. The van der Waals surface area contributed by atoms with E-state index < -0.39 is 0 Å². The Morgan fingerprint density at radius 2 is 2.00 bits per heavy atom. The van der Waals surface area contributed by atoms with Crippen molar-refractivity contribution >= 4 is 0 Å². The van der Waals surface area contributed by atoms with Crippen molar-refractivity contribution in [1.82, 2.24) is 5.32 Å². The summed E-state index contributed by atoms with van der Waals surface area (Å²) in [5.41, 5.74) is -0.0742. The Balaban J connectivity index is 2.24. The van der Waals surface area contributed by atoms with Gasteiger partial charge in [-0.3, -0.25) is 4.39 Å². The molecule has 0 unspecified atom stereocenters. The van der Waals surface area contributed by atoms with Gasteiger partial charge in [-0.05, 0) is 25.8 Å². The second-order valence-corrected chi connectivity index (χ2v) is 3.61. The van der Waals surface area contributed by atoms with E-state index in [0.29, 0.717) is 13.0 Å². The van der Waals surface area contributed by atoms with Crippen LogP contribution in [0.1, 0.15) is 32.1 Å². The summed E-state index contributed by atoms with van der Waals surface area (Å²) in [6.45, 7) is 0.616. The molecule has 1 fully saturated rings. The van der Waals surface area contributed by atoms with Crippen LogP contribution in [-0.4, -0.2) is 30.5 Å². The standard InChI is InChI=1S/C9H18FNO/c10-6-3-7-11-9(8-12)4-1-2-5-9/h11-12H,1-8H2. The third-order valence-electron chi connectivity index (χ3n) is 2.67. The van der Waals surface area contributed by atoms with E-state index in [9.17, 15) is 4.39 Å². The number of hydrogen-bond acceptors (Lipinski definition) is 2. The summed E-state index contributed by atoms with van der Waals surface area (Å²) in [4.78, 5) is 0. The Labute approximate surface area is 73.2 Å². The lowest BCUT2D eigenvalue weighted by Gasteiger charge is -2.27. The van der Waals surface area contributed by atoms with Crippen LogP contribution in [0, 0.1) is 0 Å². The van der Waals surface area contributed by atoms with Gasteiger partial charge in [-0.1, -0.05) is 12.8 Å². The molecule has 0 aliphatic heterocycles. The van der Waals surface area contributed by atoms with Crippen LogP contribution in [0.25, 0.3) is 0 Å². The largest absolute Gasteiger partial charge is 0.394 e. The van der Waals surface area contributed by atoms with Gasteiger partial charge in [-0.2, -0.15) is 0 Å². The fraction of sp³-hybridized carbons (Fsp3) is 1.00. The van der Waals surface area contributed by atoms with Gasteiger partial charge in [0.25, 0.3) is 0 Å². The molecule has 1 aliphatic rings. The molecule has 72 valence electrons. The van der Waals surface area contributed by atoms with Crippen LogP contribution in [-0.2, 0) is 0 Å². The number of aliphatic hydroxyl groups excluding tert-OH is 1. The van der Waals surface area contributed by atoms with Gasteiger partial charge < -0.3 is 10.4 Å². The molecule has 3 heteroatoms. The molecule has 1 rings (SSSR count). The zero-order valence-corrected chi connectivity index (χ0v) is 7.48. The Morgan fingerprint density at radius 1 is 1.33 bits per heavy atom. The molecule has 0 aromatic rings. The minimum absolute atomic E-state index is 0.0742. The average molecular weight is 175 g/mol. The number of nitrogens with one attached hydrogen (secondary N) is 1.